The molecule has 4 heterocycles. The smallest absolute Gasteiger partial charge is 0.416 e. The molecule has 2 aromatic heterocycles. The second kappa shape index (κ2) is 6.61. The molecule has 1 saturated heterocycles. The molecule has 3 atom stereocenters. The minimum atomic E-state index is -4.61. The number of H-pyrrole nitrogens is 1. The van der Waals surface area contributed by atoms with Crippen LogP contribution in [-0.4, -0.2) is 22.0 Å². The Balaban J connectivity index is 1.62. The molecule has 1 aromatic carbocycles. The van der Waals surface area contributed by atoms with Gasteiger partial charge in [-0.15, -0.1) is 0 Å². The average molecular weight is 452 g/mol. The van der Waals surface area contributed by atoms with Gasteiger partial charge in [-0.3, -0.25) is 14.4 Å². The standard InChI is InChI=1S/C19H11F3N2O4S2/c20-19(21,22)8-3-1-4-9(7-8)24-16(25)12-11(10-5-2-6-28-10)13-15(23-18(27)30-13)29-14(12)17(24)26/h1-7,11-12,14H,(H,23,27)/t11-,12?,14?/m1/s1. The summed E-state index contributed by atoms with van der Waals surface area (Å²) < 4.78 is 44.9. The molecular formula is C19H11F3N2O4S2. The fourth-order valence-corrected chi connectivity index (χ4v) is 6.36. The third-order valence-corrected chi connectivity index (χ3v) is 7.51. The van der Waals surface area contributed by atoms with E-state index in [-0.39, 0.29) is 10.6 Å². The molecule has 2 amide bonds. The van der Waals surface area contributed by atoms with Gasteiger partial charge >= 0.3 is 11.0 Å². The van der Waals surface area contributed by atoms with Gasteiger partial charge in [0, 0.05) is 0 Å². The van der Waals surface area contributed by atoms with Crippen molar-refractivity contribution in [2.45, 2.75) is 22.4 Å². The second-order valence-electron chi connectivity index (χ2n) is 6.83. The number of nitrogens with one attached hydrogen (secondary N) is 1. The monoisotopic (exact) mass is 452 g/mol. The summed E-state index contributed by atoms with van der Waals surface area (Å²) in [7, 11) is 0. The van der Waals surface area contributed by atoms with Gasteiger partial charge in [0.05, 0.1) is 39.3 Å². The van der Waals surface area contributed by atoms with Crippen LogP contribution in [0.25, 0.3) is 0 Å². The van der Waals surface area contributed by atoms with Crippen molar-refractivity contribution in [1.29, 1.82) is 0 Å². The van der Waals surface area contributed by atoms with Crippen LogP contribution in [0, 0.1) is 5.92 Å². The summed E-state index contributed by atoms with van der Waals surface area (Å²) in [6.07, 6.45) is -3.18. The third kappa shape index (κ3) is 2.83. The molecule has 30 heavy (non-hydrogen) atoms. The molecule has 2 aliphatic heterocycles. The Morgan fingerprint density at radius 3 is 2.57 bits per heavy atom. The molecule has 0 spiro atoms. The summed E-state index contributed by atoms with van der Waals surface area (Å²) >= 11 is 1.98. The number of rotatable bonds is 2. The Hall–Kier alpha value is -2.79. The number of fused-ring (bicyclic) bond motifs is 2. The van der Waals surface area contributed by atoms with Crippen LogP contribution >= 0.6 is 23.1 Å². The molecule has 3 aromatic rings. The number of carbonyl (C=O) groups excluding carboxylic acids is 2. The third-order valence-electron chi connectivity index (χ3n) is 5.11. The number of amides is 2. The highest BCUT2D eigenvalue weighted by atomic mass is 32.2. The Morgan fingerprint density at radius 1 is 1.07 bits per heavy atom. The highest BCUT2D eigenvalue weighted by Gasteiger charge is 2.57. The lowest BCUT2D eigenvalue weighted by atomic mass is 9.87. The highest BCUT2D eigenvalue weighted by molar-refractivity contribution is 8.00. The van der Waals surface area contributed by atoms with Crippen molar-refractivity contribution in [2.24, 2.45) is 5.92 Å². The minimum absolute atomic E-state index is 0.134. The normalized spacial score (nSPS) is 23.6. The van der Waals surface area contributed by atoms with Crippen molar-refractivity contribution in [1.82, 2.24) is 4.98 Å². The Morgan fingerprint density at radius 2 is 1.87 bits per heavy atom. The van der Waals surface area contributed by atoms with Crippen LogP contribution in [0.15, 0.2) is 56.9 Å². The molecule has 0 radical (unpaired) electrons. The maximum atomic E-state index is 13.3. The van der Waals surface area contributed by atoms with E-state index < -0.39 is 40.6 Å². The molecule has 154 valence electrons. The zero-order chi connectivity index (χ0) is 21.2. The first kappa shape index (κ1) is 19.2. The van der Waals surface area contributed by atoms with Crippen LogP contribution in [0.5, 0.6) is 0 Å². The fourth-order valence-electron chi connectivity index (χ4n) is 3.87. The number of thiazole rings is 1. The SMILES string of the molecule is O=C1C2Sc3[nH]c(=O)sc3[C@H](c3ccco3)C2C(=O)N1c1cccc(C(F)(F)F)c1. The number of carbonyl (C=O) groups is 2. The van der Waals surface area contributed by atoms with Crippen molar-refractivity contribution in [3.05, 3.63) is 68.5 Å². The molecule has 2 aliphatic rings. The predicted molar refractivity (Wildman–Crippen MR) is 103 cm³/mol. The highest BCUT2D eigenvalue weighted by Crippen LogP contribution is 2.53. The van der Waals surface area contributed by atoms with Crippen LogP contribution in [0.3, 0.4) is 0 Å². The summed E-state index contributed by atoms with van der Waals surface area (Å²) in [5.41, 5.74) is -1.08. The van der Waals surface area contributed by atoms with Gasteiger partial charge in [0.1, 0.15) is 11.0 Å². The number of hydrogen-bond acceptors (Lipinski definition) is 6. The van der Waals surface area contributed by atoms with E-state index in [1.807, 2.05) is 0 Å². The molecule has 0 aliphatic carbocycles. The van der Waals surface area contributed by atoms with Gasteiger partial charge < -0.3 is 9.40 Å². The first-order chi connectivity index (χ1) is 14.3. The van der Waals surface area contributed by atoms with Crippen molar-refractivity contribution in [2.75, 3.05) is 4.90 Å². The maximum Gasteiger partial charge on any atom is 0.416 e. The first-order valence-electron chi connectivity index (χ1n) is 8.74. The summed E-state index contributed by atoms with van der Waals surface area (Å²) in [6.45, 7) is 0. The average Bonchev–Trinajstić information content (AvgIpc) is 3.39. The number of hydrogen-bond donors (Lipinski definition) is 1. The molecule has 6 nitrogen and oxygen atoms in total. The van der Waals surface area contributed by atoms with Gasteiger partial charge in [-0.2, -0.15) is 13.2 Å². The van der Waals surface area contributed by atoms with Crippen LogP contribution < -0.4 is 9.77 Å². The number of thioether (sulfide) groups is 1. The lowest BCUT2D eigenvalue weighted by molar-refractivity contribution is -0.137. The number of furan rings is 1. The van der Waals surface area contributed by atoms with E-state index in [2.05, 4.69) is 4.98 Å². The van der Waals surface area contributed by atoms with E-state index in [0.717, 1.165) is 46.2 Å². The molecule has 11 heteroatoms. The van der Waals surface area contributed by atoms with Crippen LogP contribution in [-0.2, 0) is 15.8 Å². The predicted octanol–water partition coefficient (Wildman–Crippen LogP) is 3.84. The molecule has 1 N–H and O–H groups in total. The number of aromatic nitrogens is 1. The Bertz CT molecular complexity index is 1220. The first-order valence-corrected chi connectivity index (χ1v) is 10.4. The second-order valence-corrected chi connectivity index (χ2v) is 8.99. The van der Waals surface area contributed by atoms with Gasteiger partial charge in [-0.1, -0.05) is 29.2 Å². The Kier molecular flexibility index (Phi) is 4.23. The van der Waals surface area contributed by atoms with Gasteiger partial charge in [0.2, 0.25) is 11.8 Å². The largest absolute Gasteiger partial charge is 0.469 e. The van der Waals surface area contributed by atoms with E-state index in [0.29, 0.717) is 15.7 Å². The maximum absolute atomic E-state index is 13.3. The van der Waals surface area contributed by atoms with Gasteiger partial charge in [0.25, 0.3) is 0 Å². The lowest BCUT2D eigenvalue weighted by Crippen LogP contribution is -2.32. The number of halogens is 3. The van der Waals surface area contributed by atoms with Crippen molar-refractivity contribution < 1.29 is 27.2 Å². The number of imide groups is 1. The molecular weight excluding hydrogens is 441 g/mol. The number of nitrogens with zero attached hydrogens (tertiary/aromatic N) is 1. The Labute approximate surface area is 174 Å². The quantitative estimate of drug-likeness (QED) is 0.598. The molecule has 0 saturated carbocycles. The van der Waals surface area contributed by atoms with Crippen LogP contribution in [0.2, 0.25) is 0 Å². The fraction of sp³-hybridized carbons (Fsp3) is 0.211. The molecule has 5 rings (SSSR count). The molecule has 2 unspecified atom stereocenters. The van der Waals surface area contributed by atoms with E-state index in [1.165, 1.54) is 12.3 Å². The summed E-state index contributed by atoms with van der Waals surface area (Å²) in [5, 5.41) is -0.417. The van der Waals surface area contributed by atoms with Gasteiger partial charge in [-0.05, 0) is 30.3 Å². The van der Waals surface area contributed by atoms with Crippen molar-refractivity contribution in [3.8, 4) is 0 Å². The zero-order valence-electron chi connectivity index (χ0n) is 14.8. The minimum Gasteiger partial charge on any atom is -0.469 e. The number of benzene rings is 1. The van der Waals surface area contributed by atoms with E-state index in [1.54, 1.807) is 12.1 Å². The van der Waals surface area contributed by atoms with Crippen LogP contribution in [0.4, 0.5) is 18.9 Å². The summed E-state index contributed by atoms with van der Waals surface area (Å²) in [4.78, 5) is 42.1. The number of alkyl halides is 3. The van der Waals surface area contributed by atoms with E-state index >= 15 is 0 Å². The topological polar surface area (TPSA) is 83.4 Å². The number of anilines is 1. The summed E-state index contributed by atoms with van der Waals surface area (Å²) in [6, 6.07) is 7.41. The lowest BCUT2D eigenvalue weighted by Gasteiger charge is -2.27. The van der Waals surface area contributed by atoms with Crippen molar-refractivity contribution in [3.63, 3.8) is 0 Å². The number of aromatic amines is 1. The zero-order valence-corrected chi connectivity index (χ0v) is 16.4. The van der Waals surface area contributed by atoms with Crippen molar-refractivity contribution >= 4 is 40.6 Å². The van der Waals surface area contributed by atoms with Gasteiger partial charge in [0.15, 0.2) is 0 Å². The summed E-state index contributed by atoms with van der Waals surface area (Å²) in [5.74, 6) is -2.42. The molecule has 1 fully saturated rings. The van der Waals surface area contributed by atoms with E-state index in [4.69, 9.17) is 4.42 Å². The van der Waals surface area contributed by atoms with E-state index in [9.17, 15) is 27.6 Å². The molecule has 0 bridgehead atoms. The van der Waals surface area contributed by atoms with Gasteiger partial charge in [-0.25, -0.2) is 4.90 Å². The van der Waals surface area contributed by atoms with Crippen LogP contribution in [0.1, 0.15) is 22.1 Å².